The molecule has 0 aromatic heterocycles. The molecule has 1 unspecified atom stereocenters. The molecule has 0 saturated heterocycles. The van der Waals surface area contributed by atoms with Crippen LogP contribution in [0.3, 0.4) is 0 Å². The van der Waals surface area contributed by atoms with Gasteiger partial charge in [0.15, 0.2) is 0 Å². The molecule has 1 N–H and O–H groups in total. The smallest absolute Gasteiger partial charge is 0.236 e. The Kier molecular flexibility index (Phi) is 6.36. The van der Waals surface area contributed by atoms with E-state index in [1.165, 1.54) is 0 Å². The lowest BCUT2D eigenvalue weighted by Crippen LogP contribution is -2.44. The van der Waals surface area contributed by atoms with Crippen LogP contribution in [0.4, 0.5) is 0 Å². The van der Waals surface area contributed by atoms with Gasteiger partial charge in [-0.2, -0.15) is 0 Å². The number of carbonyl (C=O) groups excluding carboxylic acids is 1. The molecule has 0 radical (unpaired) electrons. The molecule has 84 valence electrons. The first-order valence-corrected chi connectivity index (χ1v) is 5.88. The van der Waals surface area contributed by atoms with Crippen LogP contribution in [0.15, 0.2) is 0 Å². The Morgan fingerprint density at radius 1 is 1.36 bits per heavy atom. The second kappa shape index (κ2) is 6.40. The summed E-state index contributed by atoms with van der Waals surface area (Å²) in [5, 5.41) is 8.85. The second-order valence-electron chi connectivity index (χ2n) is 3.99. The first kappa shape index (κ1) is 13.9. The first-order chi connectivity index (χ1) is 6.41. The molecule has 0 saturated carbocycles. The monoisotopic (exact) mass is 265 g/mol. The highest BCUT2D eigenvalue weighted by Gasteiger charge is 2.25. The molecule has 4 heteroatoms. The summed E-state index contributed by atoms with van der Waals surface area (Å²) in [6, 6.07) is 0.133. The van der Waals surface area contributed by atoms with Crippen LogP contribution in [0.2, 0.25) is 0 Å². The standard InChI is InChI=1S/C10H20BrNO2/c1-7(2)9(11)10(14)12(5-6-13)8(3)4/h7-9,13H,5-6H2,1-4H3. The molecule has 0 aromatic carbocycles. The fraction of sp³-hybridized carbons (Fsp3) is 0.900. The van der Waals surface area contributed by atoms with Crippen LogP contribution in [0.5, 0.6) is 0 Å². The summed E-state index contributed by atoms with van der Waals surface area (Å²) in [4.78, 5) is 13.4. The average molecular weight is 266 g/mol. The zero-order valence-electron chi connectivity index (χ0n) is 9.33. The molecule has 0 spiro atoms. The minimum Gasteiger partial charge on any atom is -0.395 e. The van der Waals surface area contributed by atoms with Crippen molar-refractivity contribution >= 4 is 21.8 Å². The third-order valence-electron chi connectivity index (χ3n) is 2.07. The molecule has 0 aliphatic rings. The molecule has 0 rings (SSSR count). The van der Waals surface area contributed by atoms with Gasteiger partial charge in [-0.25, -0.2) is 0 Å². The lowest BCUT2D eigenvalue weighted by atomic mass is 10.1. The summed E-state index contributed by atoms with van der Waals surface area (Å²) >= 11 is 3.37. The van der Waals surface area contributed by atoms with Gasteiger partial charge in [-0.15, -0.1) is 0 Å². The largest absolute Gasteiger partial charge is 0.395 e. The van der Waals surface area contributed by atoms with Crippen LogP contribution < -0.4 is 0 Å². The number of aliphatic hydroxyl groups is 1. The molecule has 0 heterocycles. The molecule has 0 aliphatic carbocycles. The summed E-state index contributed by atoms with van der Waals surface area (Å²) < 4.78 is 0. The number of hydrogen-bond acceptors (Lipinski definition) is 2. The van der Waals surface area contributed by atoms with Gasteiger partial charge in [-0.1, -0.05) is 29.8 Å². The molecular weight excluding hydrogens is 246 g/mol. The predicted octanol–water partition coefficient (Wildman–Crippen LogP) is 1.64. The van der Waals surface area contributed by atoms with E-state index in [-0.39, 0.29) is 29.3 Å². The SMILES string of the molecule is CC(C)C(Br)C(=O)N(CCO)C(C)C. The number of rotatable bonds is 5. The van der Waals surface area contributed by atoms with Gasteiger partial charge < -0.3 is 10.0 Å². The maximum Gasteiger partial charge on any atom is 0.236 e. The quantitative estimate of drug-likeness (QED) is 0.768. The highest BCUT2D eigenvalue weighted by Crippen LogP contribution is 2.16. The fourth-order valence-electron chi connectivity index (χ4n) is 1.17. The number of carbonyl (C=O) groups is 1. The number of alkyl halides is 1. The minimum absolute atomic E-state index is 0.0156. The summed E-state index contributed by atoms with van der Waals surface area (Å²) in [7, 11) is 0. The maximum atomic E-state index is 11.9. The Hall–Kier alpha value is -0.0900. The van der Waals surface area contributed by atoms with Crippen molar-refractivity contribution in [2.45, 2.75) is 38.6 Å². The molecule has 0 aliphatic heterocycles. The van der Waals surface area contributed by atoms with Crippen LogP contribution in [-0.4, -0.2) is 39.9 Å². The first-order valence-electron chi connectivity index (χ1n) is 4.97. The van der Waals surface area contributed by atoms with E-state index < -0.39 is 0 Å². The van der Waals surface area contributed by atoms with Crippen LogP contribution in [0.25, 0.3) is 0 Å². The molecule has 0 fully saturated rings. The summed E-state index contributed by atoms with van der Waals surface area (Å²) in [5.41, 5.74) is 0. The van der Waals surface area contributed by atoms with Crippen molar-refractivity contribution in [2.75, 3.05) is 13.2 Å². The molecule has 3 nitrogen and oxygen atoms in total. The number of aliphatic hydroxyl groups excluding tert-OH is 1. The van der Waals surface area contributed by atoms with Crippen molar-refractivity contribution in [3.8, 4) is 0 Å². The van der Waals surface area contributed by atoms with Gasteiger partial charge >= 0.3 is 0 Å². The molecule has 1 amide bonds. The summed E-state index contributed by atoms with van der Waals surface area (Å²) in [6.07, 6.45) is 0. The Labute approximate surface area is 94.6 Å². The van der Waals surface area contributed by atoms with Gasteiger partial charge in [0, 0.05) is 12.6 Å². The molecule has 1 atom stereocenters. The Bertz CT molecular complexity index is 183. The lowest BCUT2D eigenvalue weighted by Gasteiger charge is -2.29. The summed E-state index contributed by atoms with van der Waals surface area (Å²) in [6.45, 7) is 8.32. The van der Waals surface area contributed by atoms with Crippen molar-refractivity contribution in [1.29, 1.82) is 0 Å². The normalized spacial score (nSPS) is 13.4. The van der Waals surface area contributed by atoms with Crippen LogP contribution >= 0.6 is 15.9 Å². The van der Waals surface area contributed by atoms with Crippen molar-refractivity contribution in [2.24, 2.45) is 5.92 Å². The van der Waals surface area contributed by atoms with E-state index >= 15 is 0 Å². The van der Waals surface area contributed by atoms with Gasteiger partial charge in [0.1, 0.15) is 0 Å². The topological polar surface area (TPSA) is 40.5 Å². The van der Waals surface area contributed by atoms with Crippen molar-refractivity contribution < 1.29 is 9.90 Å². The van der Waals surface area contributed by atoms with Gasteiger partial charge in [0.05, 0.1) is 11.4 Å². The highest BCUT2D eigenvalue weighted by atomic mass is 79.9. The van der Waals surface area contributed by atoms with Crippen LogP contribution in [0, 0.1) is 5.92 Å². The van der Waals surface area contributed by atoms with E-state index in [2.05, 4.69) is 15.9 Å². The predicted molar refractivity (Wildman–Crippen MR) is 61.5 cm³/mol. The summed E-state index contributed by atoms with van der Waals surface area (Å²) in [5.74, 6) is 0.325. The van der Waals surface area contributed by atoms with Crippen molar-refractivity contribution in [1.82, 2.24) is 4.90 Å². The van der Waals surface area contributed by atoms with E-state index in [1.807, 2.05) is 27.7 Å². The van der Waals surface area contributed by atoms with Crippen molar-refractivity contribution in [3.05, 3.63) is 0 Å². The van der Waals surface area contributed by atoms with Gasteiger partial charge in [-0.3, -0.25) is 4.79 Å². The Morgan fingerprint density at radius 2 is 1.86 bits per heavy atom. The Balaban J connectivity index is 4.43. The minimum atomic E-state index is -0.156. The highest BCUT2D eigenvalue weighted by molar-refractivity contribution is 9.10. The van der Waals surface area contributed by atoms with Gasteiger partial charge in [0.2, 0.25) is 5.91 Å². The van der Waals surface area contributed by atoms with E-state index in [4.69, 9.17) is 5.11 Å². The van der Waals surface area contributed by atoms with E-state index in [1.54, 1.807) is 4.90 Å². The lowest BCUT2D eigenvalue weighted by molar-refractivity contribution is -0.133. The van der Waals surface area contributed by atoms with Gasteiger partial charge in [0.25, 0.3) is 0 Å². The molecule has 0 bridgehead atoms. The number of amides is 1. The number of hydrogen-bond donors (Lipinski definition) is 1. The van der Waals surface area contributed by atoms with E-state index in [0.717, 1.165) is 0 Å². The third-order valence-corrected chi connectivity index (χ3v) is 3.52. The van der Waals surface area contributed by atoms with E-state index in [9.17, 15) is 4.79 Å². The zero-order valence-corrected chi connectivity index (χ0v) is 10.9. The van der Waals surface area contributed by atoms with E-state index in [0.29, 0.717) is 6.54 Å². The zero-order chi connectivity index (χ0) is 11.3. The molecule has 0 aromatic rings. The van der Waals surface area contributed by atoms with Crippen LogP contribution in [0.1, 0.15) is 27.7 Å². The molecule has 14 heavy (non-hydrogen) atoms. The second-order valence-corrected chi connectivity index (χ2v) is 4.98. The Morgan fingerprint density at radius 3 is 2.14 bits per heavy atom. The fourth-order valence-corrected chi connectivity index (χ4v) is 1.44. The third kappa shape index (κ3) is 3.96. The molecular formula is C10H20BrNO2. The van der Waals surface area contributed by atoms with Crippen LogP contribution in [-0.2, 0) is 4.79 Å². The van der Waals surface area contributed by atoms with Crippen molar-refractivity contribution in [3.63, 3.8) is 0 Å². The number of halogens is 1. The van der Waals surface area contributed by atoms with Gasteiger partial charge in [-0.05, 0) is 19.8 Å². The number of nitrogens with zero attached hydrogens (tertiary/aromatic N) is 1. The maximum absolute atomic E-state index is 11.9. The average Bonchev–Trinajstić information content (AvgIpc) is 2.11.